The Morgan fingerprint density at radius 3 is 2.89 bits per heavy atom. The van der Waals surface area contributed by atoms with Crippen LogP contribution in [-0.4, -0.2) is 60.4 Å². The van der Waals surface area contributed by atoms with Gasteiger partial charge in [-0.2, -0.15) is 0 Å². The number of carbonyl (C=O) groups excluding carboxylic acids is 2. The second-order valence-corrected chi connectivity index (χ2v) is 5.69. The Hall–Kier alpha value is -1.10. The van der Waals surface area contributed by atoms with Crippen LogP contribution in [0.4, 0.5) is 0 Å². The van der Waals surface area contributed by atoms with Gasteiger partial charge in [0, 0.05) is 19.1 Å². The second kappa shape index (κ2) is 6.37. The Kier molecular flexibility index (Phi) is 4.80. The molecule has 108 valence electrons. The van der Waals surface area contributed by atoms with Gasteiger partial charge in [-0.15, -0.1) is 0 Å². The summed E-state index contributed by atoms with van der Waals surface area (Å²) in [6.45, 7) is 3.89. The summed E-state index contributed by atoms with van der Waals surface area (Å²) in [6.07, 6.45) is 4.92. The minimum atomic E-state index is -0.170. The molecule has 2 rings (SSSR count). The first-order valence-corrected chi connectivity index (χ1v) is 7.39. The molecular weight excluding hydrogens is 242 g/mol. The van der Waals surface area contributed by atoms with Crippen LogP contribution >= 0.6 is 0 Å². The molecule has 0 spiro atoms. The Balaban J connectivity index is 1.88. The number of piperazine rings is 1. The van der Waals surface area contributed by atoms with Crippen LogP contribution in [0, 0.1) is 0 Å². The van der Waals surface area contributed by atoms with Crippen molar-refractivity contribution in [3.05, 3.63) is 0 Å². The molecule has 2 aliphatic heterocycles. The van der Waals surface area contributed by atoms with Gasteiger partial charge in [-0.05, 0) is 46.1 Å². The summed E-state index contributed by atoms with van der Waals surface area (Å²) in [6, 6.07) is 0.290. The number of hydrogen-bond acceptors (Lipinski definition) is 3. The maximum atomic E-state index is 12.4. The summed E-state index contributed by atoms with van der Waals surface area (Å²) in [5, 5.41) is 3.19. The molecule has 0 aromatic heterocycles. The molecule has 0 aromatic rings. The van der Waals surface area contributed by atoms with Crippen LogP contribution in [0.25, 0.3) is 0 Å². The molecule has 5 nitrogen and oxygen atoms in total. The fourth-order valence-electron chi connectivity index (χ4n) is 2.95. The maximum Gasteiger partial charge on any atom is 0.245 e. The van der Waals surface area contributed by atoms with Crippen molar-refractivity contribution in [1.82, 2.24) is 15.1 Å². The summed E-state index contributed by atoms with van der Waals surface area (Å²) >= 11 is 0. The number of carbonyl (C=O) groups is 2. The van der Waals surface area contributed by atoms with Crippen molar-refractivity contribution in [3.63, 3.8) is 0 Å². The average Bonchev–Trinajstić information content (AvgIpc) is 2.44. The van der Waals surface area contributed by atoms with Gasteiger partial charge in [-0.1, -0.05) is 0 Å². The lowest BCUT2D eigenvalue weighted by atomic mass is 9.98. The van der Waals surface area contributed by atoms with Crippen LogP contribution < -0.4 is 5.32 Å². The molecule has 2 amide bonds. The quantitative estimate of drug-likeness (QED) is 0.793. The normalized spacial score (nSPS) is 25.5. The molecular formula is C14H25N3O2. The van der Waals surface area contributed by atoms with E-state index in [1.807, 2.05) is 7.05 Å². The van der Waals surface area contributed by atoms with E-state index in [-0.39, 0.29) is 24.4 Å². The third-order valence-electron chi connectivity index (χ3n) is 4.30. The van der Waals surface area contributed by atoms with E-state index in [2.05, 4.69) is 12.2 Å². The fourth-order valence-corrected chi connectivity index (χ4v) is 2.95. The molecule has 0 aliphatic carbocycles. The van der Waals surface area contributed by atoms with E-state index >= 15 is 0 Å². The number of amides is 2. The highest BCUT2D eigenvalue weighted by Gasteiger charge is 2.39. The molecule has 0 aromatic carbocycles. The molecule has 0 radical (unpaired) electrons. The summed E-state index contributed by atoms with van der Waals surface area (Å²) in [5.74, 6) is 0.294. The van der Waals surface area contributed by atoms with Gasteiger partial charge in [0.25, 0.3) is 0 Å². The Labute approximate surface area is 115 Å². The van der Waals surface area contributed by atoms with Gasteiger partial charge in [-0.3, -0.25) is 9.59 Å². The van der Waals surface area contributed by atoms with E-state index in [9.17, 15) is 9.59 Å². The SMILES string of the molecule is CNC(C)CCCN1CC(=O)N2CCCCC2C1=O. The Morgan fingerprint density at radius 2 is 2.16 bits per heavy atom. The van der Waals surface area contributed by atoms with E-state index in [1.54, 1.807) is 9.80 Å². The highest BCUT2D eigenvalue weighted by atomic mass is 16.2. The minimum Gasteiger partial charge on any atom is -0.332 e. The first-order chi connectivity index (χ1) is 9.13. The van der Waals surface area contributed by atoms with Gasteiger partial charge in [0.05, 0.1) is 6.54 Å². The molecule has 5 heteroatoms. The van der Waals surface area contributed by atoms with Gasteiger partial charge in [0.15, 0.2) is 0 Å². The van der Waals surface area contributed by atoms with E-state index in [0.717, 1.165) is 38.6 Å². The summed E-state index contributed by atoms with van der Waals surface area (Å²) in [5.41, 5.74) is 0. The number of nitrogens with one attached hydrogen (secondary N) is 1. The number of rotatable bonds is 5. The molecule has 19 heavy (non-hydrogen) atoms. The number of hydrogen-bond donors (Lipinski definition) is 1. The third kappa shape index (κ3) is 3.26. The lowest BCUT2D eigenvalue weighted by molar-refractivity contribution is -0.157. The van der Waals surface area contributed by atoms with Gasteiger partial charge in [0.1, 0.15) is 6.04 Å². The molecule has 2 atom stereocenters. The zero-order valence-corrected chi connectivity index (χ0v) is 12.0. The van der Waals surface area contributed by atoms with E-state index in [0.29, 0.717) is 12.6 Å². The molecule has 1 N–H and O–H groups in total. The summed E-state index contributed by atoms with van der Waals surface area (Å²) in [4.78, 5) is 28.0. The highest BCUT2D eigenvalue weighted by molar-refractivity contribution is 5.95. The van der Waals surface area contributed by atoms with E-state index in [1.165, 1.54) is 0 Å². The van der Waals surface area contributed by atoms with Crippen LogP contribution in [0.1, 0.15) is 39.0 Å². The average molecular weight is 267 g/mol. The predicted octanol–water partition coefficient (Wildman–Crippen LogP) is 0.598. The molecule has 2 unspecified atom stereocenters. The van der Waals surface area contributed by atoms with Gasteiger partial charge < -0.3 is 15.1 Å². The van der Waals surface area contributed by atoms with Crippen LogP contribution in [0.15, 0.2) is 0 Å². The van der Waals surface area contributed by atoms with Crippen molar-refractivity contribution >= 4 is 11.8 Å². The lowest BCUT2D eigenvalue weighted by Gasteiger charge is -2.42. The number of nitrogens with zero attached hydrogens (tertiary/aromatic N) is 2. The molecule has 2 fully saturated rings. The van der Waals surface area contributed by atoms with Crippen LogP contribution in [-0.2, 0) is 9.59 Å². The summed E-state index contributed by atoms with van der Waals surface area (Å²) in [7, 11) is 1.94. The third-order valence-corrected chi connectivity index (χ3v) is 4.30. The van der Waals surface area contributed by atoms with Crippen molar-refractivity contribution in [2.75, 3.05) is 26.7 Å². The first-order valence-electron chi connectivity index (χ1n) is 7.39. The van der Waals surface area contributed by atoms with Crippen molar-refractivity contribution in [2.45, 2.75) is 51.1 Å². The number of piperidine rings is 1. The second-order valence-electron chi connectivity index (χ2n) is 5.69. The van der Waals surface area contributed by atoms with Crippen molar-refractivity contribution in [1.29, 1.82) is 0 Å². The minimum absolute atomic E-state index is 0.131. The molecule has 2 heterocycles. The topological polar surface area (TPSA) is 52.7 Å². The molecule has 2 saturated heterocycles. The standard InChI is InChI=1S/C14H25N3O2/c1-11(15-2)6-5-8-16-10-13(18)17-9-4-3-7-12(17)14(16)19/h11-12,15H,3-10H2,1-2H3. The maximum absolute atomic E-state index is 12.4. The van der Waals surface area contributed by atoms with Crippen LogP contribution in [0.5, 0.6) is 0 Å². The molecule has 0 bridgehead atoms. The van der Waals surface area contributed by atoms with Crippen LogP contribution in [0.2, 0.25) is 0 Å². The van der Waals surface area contributed by atoms with E-state index in [4.69, 9.17) is 0 Å². The van der Waals surface area contributed by atoms with Gasteiger partial charge in [0.2, 0.25) is 11.8 Å². The fraction of sp³-hybridized carbons (Fsp3) is 0.857. The lowest BCUT2D eigenvalue weighted by Crippen LogP contribution is -2.61. The zero-order chi connectivity index (χ0) is 13.8. The smallest absolute Gasteiger partial charge is 0.245 e. The van der Waals surface area contributed by atoms with E-state index < -0.39 is 0 Å². The Bertz CT molecular complexity index is 346. The molecule has 0 saturated carbocycles. The molecule has 2 aliphatic rings. The van der Waals surface area contributed by atoms with Crippen molar-refractivity contribution < 1.29 is 9.59 Å². The van der Waals surface area contributed by atoms with Crippen LogP contribution in [0.3, 0.4) is 0 Å². The monoisotopic (exact) mass is 267 g/mol. The predicted molar refractivity (Wildman–Crippen MR) is 73.7 cm³/mol. The number of fused-ring (bicyclic) bond motifs is 1. The zero-order valence-electron chi connectivity index (χ0n) is 12.0. The summed E-state index contributed by atoms with van der Waals surface area (Å²) < 4.78 is 0. The van der Waals surface area contributed by atoms with Gasteiger partial charge in [-0.25, -0.2) is 0 Å². The first kappa shape index (κ1) is 14.3. The largest absolute Gasteiger partial charge is 0.332 e. The highest BCUT2D eigenvalue weighted by Crippen LogP contribution is 2.23. The van der Waals surface area contributed by atoms with Crippen molar-refractivity contribution in [2.24, 2.45) is 0 Å². The van der Waals surface area contributed by atoms with Gasteiger partial charge >= 0.3 is 0 Å². The van der Waals surface area contributed by atoms with Crippen molar-refractivity contribution in [3.8, 4) is 0 Å². The Morgan fingerprint density at radius 1 is 1.37 bits per heavy atom.